The summed E-state index contributed by atoms with van der Waals surface area (Å²) in [5, 5.41) is 5.86. The number of carbonyl (C=O) groups is 1. The minimum absolute atomic E-state index is 0.0417. The van der Waals surface area contributed by atoms with Crippen molar-refractivity contribution < 1.29 is 18.0 Å². The number of nitrogens with one attached hydrogen (secondary N) is 1. The summed E-state index contributed by atoms with van der Waals surface area (Å²) in [5.41, 5.74) is 5.85. The number of aromatic nitrogens is 2. The topological polar surface area (TPSA) is 110 Å². The fourth-order valence-corrected chi connectivity index (χ4v) is 4.53. The molecule has 0 radical (unpaired) electrons. The Kier molecular flexibility index (Phi) is 6.69. The molecule has 7 nitrogen and oxygen atoms in total. The van der Waals surface area contributed by atoms with E-state index >= 15 is 0 Å². The van der Waals surface area contributed by atoms with Crippen molar-refractivity contribution in [3.63, 3.8) is 0 Å². The molecule has 0 spiro atoms. The van der Waals surface area contributed by atoms with Crippen LogP contribution < -0.4 is 11.1 Å². The number of benzene rings is 1. The average Bonchev–Trinajstić information content (AvgIpc) is 2.80. The van der Waals surface area contributed by atoms with Gasteiger partial charge in [-0.05, 0) is 60.6 Å². The van der Waals surface area contributed by atoms with Crippen molar-refractivity contribution in [1.82, 2.24) is 9.97 Å². The summed E-state index contributed by atoms with van der Waals surface area (Å²) in [6, 6.07) is 6.04. The quantitative estimate of drug-likeness (QED) is 0.522. The molecule has 1 amide bonds. The summed E-state index contributed by atoms with van der Waals surface area (Å²) in [6.07, 6.45) is 4.19. The van der Waals surface area contributed by atoms with E-state index in [1.165, 1.54) is 6.20 Å². The van der Waals surface area contributed by atoms with Gasteiger partial charge >= 0.3 is 0 Å². The molecule has 0 bridgehead atoms. The van der Waals surface area contributed by atoms with Gasteiger partial charge in [0.1, 0.15) is 34.9 Å². The molecule has 4 unspecified atom stereocenters. The van der Waals surface area contributed by atoms with E-state index in [4.69, 9.17) is 5.73 Å². The van der Waals surface area contributed by atoms with Gasteiger partial charge in [-0.2, -0.15) is 4.91 Å². The summed E-state index contributed by atoms with van der Waals surface area (Å²) < 4.78 is 42.7. The van der Waals surface area contributed by atoms with Gasteiger partial charge in [-0.3, -0.25) is 9.78 Å². The number of hydrogen-bond acceptors (Lipinski definition) is 6. The first-order chi connectivity index (χ1) is 16.3. The predicted octanol–water partition coefficient (Wildman–Crippen LogP) is 4.79. The Hall–Kier alpha value is -3.66. The lowest BCUT2D eigenvalue weighted by molar-refractivity contribution is 0.102. The van der Waals surface area contributed by atoms with E-state index in [2.05, 4.69) is 20.5 Å². The molecule has 1 aromatic carbocycles. The number of nitrogens with zero attached hydrogens (tertiary/aromatic N) is 3. The van der Waals surface area contributed by atoms with Crippen molar-refractivity contribution in [2.45, 2.75) is 37.8 Å². The lowest BCUT2D eigenvalue weighted by Gasteiger charge is -2.35. The fourth-order valence-electron chi connectivity index (χ4n) is 4.53. The third kappa shape index (κ3) is 4.54. The summed E-state index contributed by atoms with van der Waals surface area (Å²) in [6.45, 7) is 1.91. The molecule has 3 aromatic rings. The highest BCUT2D eigenvalue weighted by atomic mass is 19.1. The first-order valence-electron chi connectivity index (χ1n) is 10.7. The number of halogens is 3. The lowest BCUT2D eigenvalue weighted by atomic mass is 9.73. The molecule has 2 aromatic heterocycles. The van der Waals surface area contributed by atoms with Crippen molar-refractivity contribution in [3.05, 3.63) is 82.4 Å². The molecular weight excluding hydrogens is 447 g/mol. The number of amides is 1. The van der Waals surface area contributed by atoms with Gasteiger partial charge in [0.2, 0.25) is 0 Å². The smallest absolute Gasteiger partial charge is 0.274 e. The number of anilines is 1. The minimum Gasteiger partial charge on any atom is -0.326 e. The normalized spacial score (nSPS) is 22.3. The number of hydrogen-bond donors (Lipinski definition) is 2. The van der Waals surface area contributed by atoms with Crippen molar-refractivity contribution in [2.75, 3.05) is 5.32 Å². The van der Waals surface area contributed by atoms with E-state index < -0.39 is 46.7 Å². The maximum Gasteiger partial charge on any atom is 0.274 e. The Morgan fingerprint density at radius 3 is 2.50 bits per heavy atom. The van der Waals surface area contributed by atoms with Gasteiger partial charge in [0.25, 0.3) is 5.91 Å². The van der Waals surface area contributed by atoms with E-state index in [1.54, 1.807) is 12.3 Å². The van der Waals surface area contributed by atoms with Crippen LogP contribution in [0.2, 0.25) is 0 Å². The Labute approximate surface area is 193 Å². The minimum atomic E-state index is -0.996. The largest absolute Gasteiger partial charge is 0.326 e. The molecule has 1 aliphatic carbocycles. The summed E-state index contributed by atoms with van der Waals surface area (Å²) in [4.78, 5) is 32.0. The van der Waals surface area contributed by atoms with Gasteiger partial charge in [0, 0.05) is 12.2 Å². The van der Waals surface area contributed by atoms with Crippen LogP contribution in [0.4, 0.5) is 18.9 Å². The second kappa shape index (κ2) is 9.68. The monoisotopic (exact) mass is 469 g/mol. The highest BCUT2D eigenvalue weighted by molar-refractivity contribution is 6.03. The second-order valence-corrected chi connectivity index (χ2v) is 8.45. The molecule has 4 atom stereocenters. The van der Waals surface area contributed by atoms with Crippen LogP contribution in [0.15, 0.2) is 54.0 Å². The predicted molar refractivity (Wildman–Crippen MR) is 120 cm³/mol. The zero-order valence-electron chi connectivity index (χ0n) is 18.2. The zero-order chi connectivity index (χ0) is 24.4. The number of rotatable bonds is 5. The van der Waals surface area contributed by atoms with Crippen LogP contribution in [0.25, 0.3) is 11.3 Å². The van der Waals surface area contributed by atoms with Gasteiger partial charge in [0.05, 0.1) is 17.4 Å². The summed E-state index contributed by atoms with van der Waals surface area (Å²) in [5.74, 6) is -3.75. The fraction of sp³-hybridized carbons (Fsp3) is 0.292. The molecule has 1 fully saturated rings. The molecule has 34 heavy (non-hydrogen) atoms. The van der Waals surface area contributed by atoms with E-state index in [-0.39, 0.29) is 17.5 Å². The van der Waals surface area contributed by atoms with Gasteiger partial charge in [-0.15, -0.1) is 0 Å². The standard InChI is InChI=1S/C24H22F3N5O2/c1-12-9-13(10-18(28)22(12)32-34)14-7-8-29-11-20(14)31-24(33)19-6-5-17(27)23(30-19)21-15(25)3-2-4-16(21)26/h2-8,11-13,18,22H,9-10,28H2,1H3,(H,31,33). The van der Waals surface area contributed by atoms with Gasteiger partial charge in [-0.1, -0.05) is 18.2 Å². The van der Waals surface area contributed by atoms with Crippen LogP contribution in [0, 0.1) is 28.3 Å². The zero-order valence-corrected chi connectivity index (χ0v) is 18.2. The average molecular weight is 469 g/mol. The number of nitroso groups, excluding NO2 is 1. The SMILES string of the molecule is CC1CC(c2ccncc2NC(=O)c2ccc(F)c(-c3c(F)cccc3F)n2)CC(N)C1N=O. The molecule has 3 N–H and O–H groups in total. The van der Waals surface area contributed by atoms with Crippen LogP contribution in [-0.2, 0) is 0 Å². The van der Waals surface area contributed by atoms with E-state index in [0.717, 1.165) is 35.9 Å². The molecule has 0 saturated heterocycles. The molecule has 176 valence electrons. The van der Waals surface area contributed by atoms with Gasteiger partial charge < -0.3 is 11.1 Å². The molecule has 1 aliphatic rings. The van der Waals surface area contributed by atoms with Crippen molar-refractivity contribution in [2.24, 2.45) is 16.8 Å². The first-order valence-corrected chi connectivity index (χ1v) is 10.7. The molecule has 1 saturated carbocycles. The van der Waals surface area contributed by atoms with E-state index in [0.29, 0.717) is 18.5 Å². The Morgan fingerprint density at radius 1 is 1.09 bits per heavy atom. The lowest BCUT2D eigenvalue weighted by Crippen LogP contribution is -2.43. The third-order valence-corrected chi connectivity index (χ3v) is 6.18. The van der Waals surface area contributed by atoms with Crippen molar-refractivity contribution in [3.8, 4) is 11.3 Å². The molecule has 10 heteroatoms. The van der Waals surface area contributed by atoms with Crippen LogP contribution in [-0.4, -0.2) is 28.0 Å². The number of pyridine rings is 2. The molecule has 0 aliphatic heterocycles. The van der Waals surface area contributed by atoms with Crippen molar-refractivity contribution in [1.29, 1.82) is 0 Å². The van der Waals surface area contributed by atoms with Crippen LogP contribution in [0.5, 0.6) is 0 Å². The van der Waals surface area contributed by atoms with Crippen molar-refractivity contribution >= 4 is 11.6 Å². The second-order valence-electron chi connectivity index (χ2n) is 8.45. The summed E-state index contributed by atoms with van der Waals surface area (Å²) in [7, 11) is 0. The maximum absolute atomic E-state index is 14.4. The Balaban J connectivity index is 1.62. The Morgan fingerprint density at radius 2 is 1.82 bits per heavy atom. The maximum atomic E-state index is 14.4. The molecular formula is C24H22F3N5O2. The van der Waals surface area contributed by atoms with Crippen LogP contribution >= 0.6 is 0 Å². The third-order valence-electron chi connectivity index (χ3n) is 6.18. The summed E-state index contributed by atoms with van der Waals surface area (Å²) >= 11 is 0. The van der Waals surface area contributed by atoms with Crippen LogP contribution in [0.3, 0.4) is 0 Å². The highest BCUT2D eigenvalue weighted by Gasteiger charge is 2.36. The highest BCUT2D eigenvalue weighted by Crippen LogP contribution is 2.39. The molecule has 2 heterocycles. The number of nitrogens with two attached hydrogens (primary N) is 1. The van der Waals surface area contributed by atoms with E-state index in [1.807, 2.05) is 6.92 Å². The van der Waals surface area contributed by atoms with Gasteiger partial charge in [-0.25, -0.2) is 18.2 Å². The Bertz CT molecular complexity index is 1210. The van der Waals surface area contributed by atoms with Gasteiger partial charge in [0.15, 0.2) is 0 Å². The number of carbonyl (C=O) groups excluding carboxylic acids is 1. The first kappa shape index (κ1) is 23.5. The van der Waals surface area contributed by atoms with E-state index in [9.17, 15) is 22.9 Å². The molecule has 4 rings (SSSR count). The van der Waals surface area contributed by atoms with Crippen LogP contribution in [0.1, 0.15) is 41.7 Å².